The van der Waals surface area contributed by atoms with Crippen LogP contribution in [0.2, 0.25) is 0 Å². The summed E-state index contributed by atoms with van der Waals surface area (Å²) in [5.74, 6) is -0.236. The predicted molar refractivity (Wildman–Crippen MR) is 28.6 cm³/mol. The molecule has 1 rings (SSSR count). The van der Waals surface area contributed by atoms with E-state index in [1.165, 1.54) is 5.01 Å². The Labute approximate surface area is 48.2 Å². The van der Waals surface area contributed by atoms with Crippen molar-refractivity contribution in [3.8, 4) is 6.07 Å². The zero-order valence-corrected chi connectivity index (χ0v) is 4.50. The maximum atomic E-state index is 8.25. The molecule has 0 aromatic heterocycles. The van der Waals surface area contributed by atoms with E-state index >= 15 is 0 Å². The summed E-state index contributed by atoms with van der Waals surface area (Å²) < 4.78 is 0. The molecule has 40 valence electrons. The first-order chi connectivity index (χ1) is 3.83. The van der Waals surface area contributed by atoms with Gasteiger partial charge in [0.25, 0.3) is 0 Å². The van der Waals surface area contributed by atoms with Crippen molar-refractivity contribution < 1.29 is 0 Å². The minimum absolute atomic E-state index is 0.236. The fraction of sp³-hybridized carbons (Fsp3) is 0.400. The Bertz CT molecular complexity index is 144. The number of hydrogen-bond acceptors (Lipinski definition) is 3. The number of hydrogen-bond donors (Lipinski definition) is 0. The van der Waals surface area contributed by atoms with Gasteiger partial charge in [-0.15, -0.1) is 0 Å². The van der Waals surface area contributed by atoms with Crippen LogP contribution in [0.25, 0.3) is 0 Å². The normalized spacial score (nSPS) is 26.0. The molecule has 1 unspecified atom stereocenters. The molecular weight excluding hydrogens is 102 g/mol. The largest absolute Gasteiger partial charge is 0.287 e. The van der Waals surface area contributed by atoms with Gasteiger partial charge in [0.15, 0.2) is 0 Å². The van der Waals surface area contributed by atoms with Gasteiger partial charge in [-0.3, -0.25) is 5.01 Å². The second kappa shape index (κ2) is 1.83. The molecule has 0 aromatic carbocycles. The lowest BCUT2D eigenvalue weighted by Crippen LogP contribution is -2.04. The van der Waals surface area contributed by atoms with Gasteiger partial charge in [-0.1, -0.05) is 0 Å². The van der Waals surface area contributed by atoms with Crippen LogP contribution in [-0.4, -0.2) is 18.3 Å². The third-order valence-electron chi connectivity index (χ3n) is 0.854. The van der Waals surface area contributed by atoms with Crippen molar-refractivity contribution in [2.75, 3.05) is 7.05 Å². The molecule has 3 nitrogen and oxygen atoms in total. The molecule has 0 aromatic rings. The highest BCUT2D eigenvalue weighted by atomic mass is 15.4. The van der Waals surface area contributed by atoms with Gasteiger partial charge in [-0.05, 0) is 0 Å². The lowest BCUT2D eigenvalue weighted by molar-refractivity contribution is 0.446. The van der Waals surface area contributed by atoms with Gasteiger partial charge >= 0.3 is 0 Å². The third-order valence-corrected chi connectivity index (χ3v) is 0.854. The third kappa shape index (κ3) is 0.784. The molecule has 1 aliphatic rings. The summed E-state index contributed by atoms with van der Waals surface area (Å²) in [7, 11) is 1.74. The number of nitriles is 1. The molecule has 0 aliphatic carbocycles. The standard InChI is InChI=1S/C5H5N3/c1-8-4-5(2-6)3-7-8/h3,5H,1H3. The molecule has 2 radical (unpaired) electrons. The van der Waals surface area contributed by atoms with E-state index in [1.54, 1.807) is 13.3 Å². The Balaban J connectivity index is 2.49. The monoisotopic (exact) mass is 107 g/mol. The van der Waals surface area contributed by atoms with Crippen molar-refractivity contribution in [3.63, 3.8) is 0 Å². The average molecular weight is 107 g/mol. The molecule has 1 heterocycles. The Morgan fingerprint density at radius 2 is 2.75 bits per heavy atom. The van der Waals surface area contributed by atoms with Gasteiger partial charge < -0.3 is 0 Å². The maximum Gasteiger partial charge on any atom is 0.136 e. The van der Waals surface area contributed by atoms with E-state index in [1.807, 2.05) is 6.07 Å². The van der Waals surface area contributed by atoms with Crippen LogP contribution in [0.1, 0.15) is 0 Å². The van der Waals surface area contributed by atoms with E-state index in [-0.39, 0.29) is 5.92 Å². The van der Waals surface area contributed by atoms with Crippen molar-refractivity contribution in [3.05, 3.63) is 6.54 Å². The number of rotatable bonds is 0. The SMILES string of the molecule is CN1[C]C(C#N)C=N1. The highest BCUT2D eigenvalue weighted by Gasteiger charge is 2.13. The van der Waals surface area contributed by atoms with Crippen LogP contribution >= 0.6 is 0 Å². The van der Waals surface area contributed by atoms with E-state index in [9.17, 15) is 0 Å². The Hall–Kier alpha value is -1.04. The van der Waals surface area contributed by atoms with Gasteiger partial charge in [-0.25, -0.2) is 0 Å². The van der Waals surface area contributed by atoms with Crippen molar-refractivity contribution >= 4 is 6.21 Å². The van der Waals surface area contributed by atoms with E-state index in [4.69, 9.17) is 5.26 Å². The van der Waals surface area contributed by atoms with Gasteiger partial charge in [0, 0.05) is 13.3 Å². The molecule has 3 heteroatoms. The van der Waals surface area contributed by atoms with Crippen LogP contribution < -0.4 is 0 Å². The van der Waals surface area contributed by atoms with Crippen LogP contribution in [0.4, 0.5) is 0 Å². The Morgan fingerprint density at radius 1 is 2.00 bits per heavy atom. The van der Waals surface area contributed by atoms with Gasteiger partial charge in [0.2, 0.25) is 0 Å². The van der Waals surface area contributed by atoms with E-state index < -0.39 is 0 Å². The number of hydrazone groups is 1. The molecule has 0 amide bonds. The first-order valence-corrected chi connectivity index (χ1v) is 2.26. The van der Waals surface area contributed by atoms with Crippen LogP contribution in [-0.2, 0) is 0 Å². The fourth-order valence-corrected chi connectivity index (χ4v) is 0.497. The second-order valence-electron chi connectivity index (χ2n) is 1.52. The number of nitrogens with zero attached hydrogens (tertiary/aromatic N) is 3. The van der Waals surface area contributed by atoms with Gasteiger partial charge in [0.1, 0.15) is 12.5 Å². The lowest BCUT2D eigenvalue weighted by Gasteiger charge is -2.00. The zero-order valence-electron chi connectivity index (χ0n) is 4.50. The molecule has 8 heavy (non-hydrogen) atoms. The molecule has 0 spiro atoms. The van der Waals surface area contributed by atoms with E-state index in [0.717, 1.165) is 0 Å². The molecule has 0 saturated heterocycles. The highest BCUT2D eigenvalue weighted by molar-refractivity contribution is 5.67. The maximum absolute atomic E-state index is 8.25. The van der Waals surface area contributed by atoms with Crippen LogP contribution in [0.3, 0.4) is 0 Å². The summed E-state index contributed by atoms with van der Waals surface area (Å²) in [6, 6.07) is 1.99. The summed E-state index contributed by atoms with van der Waals surface area (Å²) in [6.07, 6.45) is 1.56. The minimum atomic E-state index is -0.236. The summed E-state index contributed by atoms with van der Waals surface area (Å²) in [5, 5.41) is 13.5. The molecule has 1 atom stereocenters. The van der Waals surface area contributed by atoms with Crippen molar-refractivity contribution in [2.45, 2.75) is 0 Å². The van der Waals surface area contributed by atoms with Crippen LogP contribution in [0.5, 0.6) is 0 Å². The predicted octanol–water partition coefficient (Wildman–Crippen LogP) is 0.0962. The first-order valence-electron chi connectivity index (χ1n) is 2.26. The topological polar surface area (TPSA) is 39.4 Å². The summed E-state index contributed by atoms with van der Waals surface area (Å²) in [4.78, 5) is 0. The smallest absolute Gasteiger partial charge is 0.136 e. The zero-order chi connectivity index (χ0) is 5.98. The van der Waals surface area contributed by atoms with Crippen LogP contribution in [0, 0.1) is 23.8 Å². The average Bonchev–Trinajstić information content (AvgIpc) is 2.14. The van der Waals surface area contributed by atoms with E-state index in [2.05, 4.69) is 11.6 Å². The van der Waals surface area contributed by atoms with Crippen molar-refractivity contribution in [1.29, 1.82) is 5.26 Å². The first kappa shape index (κ1) is 5.10. The minimum Gasteiger partial charge on any atom is -0.287 e. The molecule has 0 N–H and O–H groups in total. The Kier molecular flexibility index (Phi) is 1.17. The molecule has 0 bridgehead atoms. The van der Waals surface area contributed by atoms with Crippen molar-refractivity contribution in [2.24, 2.45) is 11.0 Å². The molecule has 0 fully saturated rings. The lowest BCUT2D eigenvalue weighted by atomic mass is 10.2. The van der Waals surface area contributed by atoms with Gasteiger partial charge in [-0.2, -0.15) is 10.4 Å². The van der Waals surface area contributed by atoms with Gasteiger partial charge in [0.05, 0.1) is 6.07 Å². The van der Waals surface area contributed by atoms with Crippen molar-refractivity contribution in [1.82, 2.24) is 5.01 Å². The quantitative estimate of drug-likeness (QED) is 0.440. The fourth-order valence-electron chi connectivity index (χ4n) is 0.497. The summed E-state index contributed by atoms with van der Waals surface area (Å²) in [6.45, 7) is 2.75. The molecular formula is C5H5N3. The second-order valence-corrected chi connectivity index (χ2v) is 1.52. The molecule has 1 aliphatic heterocycles. The molecule has 0 saturated carbocycles. The Morgan fingerprint density at radius 3 is 3.00 bits per heavy atom. The highest BCUT2D eigenvalue weighted by Crippen LogP contribution is 2.07. The summed E-state index contributed by atoms with van der Waals surface area (Å²) in [5.41, 5.74) is 0. The van der Waals surface area contributed by atoms with E-state index in [0.29, 0.717) is 0 Å². The summed E-state index contributed by atoms with van der Waals surface area (Å²) >= 11 is 0. The van der Waals surface area contributed by atoms with Crippen LogP contribution in [0.15, 0.2) is 5.10 Å².